The molecule has 1 saturated heterocycles. The molecule has 116 valence electrons. The molecule has 2 heterocycles. The maximum atomic E-state index is 6.31. The van der Waals surface area contributed by atoms with Crippen molar-refractivity contribution in [2.75, 3.05) is 19.9 Å². The van der Waals surface area contributed by atoms with Crippen LogP contribution in [0, 0.1) is 5.92 Å². The Kier molecular flexibility index (Phi) is 4.29. The number of ether oxygens (including phenoxy) is 2. The second kappa shape index (κ2) is 6.03. The minimum Gasteiger partial charge on any atom is -0.454 e. The van der Waals surface area contributed by atoms with E-state index in [0.29, 0.717) is 23.4 Å². The molecular weight excluding hydrogens is 288 g/mol. The first-order valence-corrected chi connectivity index (χ1v) is 8.02. The zero-order valence-corrected chi connectivity index (χ0v) is 13.4. The molecule has 3 unspecified atom stereocenters. The number of rotatable bonds is 3. The van der Waals surface area contributed by atoms with Gasteiger partial charge in [-0.05, 0) is 49.9 Å². The molecule has 0 saturated carbocycles. The fourth-order valence-corrected chi connectivity index (χ4v) is 3.80. The van der Waals surface area contributed by atoms with Gasteiger partial charge in [0.1, 0.15) is 0 Å². The van der Waals surface area contributed by atoms with Crippen LogP contribution in [0.25, 0.3) is 0 Å². The summed E-state index contributed by atoms with van der Waals surface area (Å²) >= 11 is 6.31. The van der Waals surface area contributed by atoms with Gasteiger partial charge in [-0.1, -0.05) is 18.5 Å². The molecule has 5 heteroatoms. The lowest BCUT2D eigenvalue weighted by Gasteiger charge is -2.41. The molecule has 1 aromatic rings. The van der Waals surface area contributed by atoms with Crippen LogP contribution >= 0.6 is 11.6 Å². The van der Waals surface area contributed by atoms with Gasteiger partial charge in [0.2, 0.25) is 6.79 Å². The number of fused-ring (bicyclic) bond motifs is 1. The van der Waals surface area contributed by atoms with Gasteiger partial charge in [-0.3, -0.25) is 4.90 Å². The molecule has 21 heavy (non-hydrogen) atoms. The summed E-state index contributed by atoms with van der Waals surface area (Å²) in [5.74, 6) is 2.17. The Morgan fingerprint density at radius 2 is 2.19 bits per heavy atom. The lowest BCUT2D eigenvalue weighted by atomic mass is 9.90. The third-order valence-electron chi connectivity index (χ3n) is 4.65. The van der Waals surface area contributed by atoms with E-state index >= 15 is 0 Å². The minimum absolute atomic E-state index is 0.180. The third kappa shape index (κ3) is 2.85. The summed E-state index contributed by atoms with van der Waals surface area (Å²) in [6.45, 7) is 6.50. The number of nitrogens with two attached hydrogens (primary N) is 1. The van der Waals surface area contributed by atoms with Gasteiger partial charge in [-0.15, -0.1) is 0 Å². The number of likely N-dealkylation sites (tertiary alicyclic amines) is 1. The predicted octanol–water partition coefficient (Wildman–Crippen LogP) is 3.19. The molecule has 3 atom stereocenters. The van der Waals surface area contributed by atoms with Crippen molar-refractivity contribution in [3.05, 3.63) is 22.7 Å². The Labute approximate surface area is 131 Å². The molecule has 0 aliphatic carbocycles. The Hall–Kier alpha value is -0.970. The van der Waals surface area contributed by atoms with Crippen LogP contribution in [0.5, 0.6) is 11.5 Å². The average molecular weight is 311 g/mol. The van der Waals surface area contributed by atoms with Crippen molar-refractivity contribution in [3.63, 3.8) is 0 Å². The molecular formula is C16H23ClN2O2. The molecule has 0 amide bonds. The van der Waals surface area contributed by atoms with Crippen molar-refractivity contribution in [1.29, 1.82) is 0 Å². The van der Waals surface area contributed by atoms with E-state index in [9.17, 15) is 0 Å². The Bertz CT molecular complexity index is 523. The smallest absolute Gasteiger partial charge is 0.231 e. The van der Waals surface area contributed by atoms with Crippen LogP contribution in [0.2, 0.25) is 5.02 Å². The molecule has 0 aromatic heterocycles. The van der Waals surface area contributed by atoms with Crippen LogP contribution in [0.15, 0.2) is 12.1 Å². The monoisotopic (exact) mass is 310 g/mol. The highest BCUT2D eigenvalue weighted by Crippen LogP contribution is 2.42. The van der Waals surface area contributed by atoms with E-state index in [4.69, 9.17) is 26.8 Å². The molecule has 2 N–H and O–H groups in total. The molecule has 2 aliphatic heterocycles. The molecule has 3 rings (SSSR count). The van der Waals surface area contributed by atoms with Crippen LogP contribution in [0.3, 0.4) is 0 Å². The first-order chi connectivity index (χ1) is 10.1. The number of nitrogens with zero attached hydrogens (tertiary/aromatic N) is 1. The summed E-state index contributed by atoms with van der Waals surface area (Å²) in [6.07, 6.45) is 2.44. The molecule has 0 bridgehead atoms. The molecule has 4 nitrogen and oxygen atoms in total. The van der Waals surface area contributed by atoms with E-state index in [0.717, 1.165) is 23.8 Å². The minimum atomic E-state index is 0.180. The van der Waals surface area contributed by atoms with Gasteiger partial charge in [-0.25, -0.2) is 0 Å². The number of benzene rings is 1. The molecule has 2 aliphatic rings. The Morgan fingerprint density at radius 3 is 2.90 bits per heavy atom. The second-order valence-corrected chi connectivity index (χ2v) is 6.61. The molecule has 1 aromatic carbocycles. The number of piperidine rings is 1. The standard InChI is InChI=1S/C16H23ClN2O2/c1-10-3-4-19(11(2)5-10)14(8-18)12-6-13(17)16-15(7-12)20-9-21-16/h6-7,10-11,14H,3-5,8-9,18H2,1-2H3. The van der Waals surface area contributed by atoms with Crippen molar-refractivity contribution in [2.45, 2.75) is 38.8 Å². The maximum Gasteiger partial charge on any atom is 0.231 e. The van der Waals surface area contributed by atoms with E-state index < -0.39 is 0 Å². The lowest BCUT2D eigenvalue weighted by Crippen LogP contribution is -2.44. The normalized spacial score (nSPS) is 26.9. The van der Waals surface area contributed by atoms with Gasteiger partial charge in [0, 0.05) is 18.6 Å². The molecule has 0 radical (unpaired) electrons. The van der Waals surface area contributed by atoms with E-state index in [1.54, 1.807) is 0 Å². The summed E-state index contributed by atoms with van der Waals surface area (Å²) in [5.41, 5.74) is 7.19. The summed E-state index contributed by atoms with van der Waals surface area (Å²) in [4.78, 5) is 2.49. The van der Waals surface area contributed by atoms with Crippen molar-refractivity contribution in [2.24, 2.45) is 11.7 Å². The van der Waals surface area contributed by atoms with Gasteiger partial charge in [0.25, 0.3) is 0 Å². The first-order valence-electron chi connectivity index (χ1n) is 7.65. The fourth-order valence-electron chi connectivity index (χ4n) is 3.53. The average Bonchev–Trinajstić information content (AvgIpc) is 2.91. The van der Waals surface area contributed by atoms with Crippen molar-refractivity contribution in [1.82, 2.24) is 4.90 Å². The Balaban J connectivity index is 1.88. The van der Waals surface area contributed by atoms with Gasteiger partial charge < -0.3 is 15.2 Å². The zero-order valence-electron chi connectivity index (χ0n) is 12.6. The van der Waals surface area contributed by atoms with Crippen LogP contribution in [-0.2, 0) is 0 Å². The van der Waals surface area contributed by atoms with E-state index in [1.807, 2.05) is 12.1 Å². The van der Waals surface area contributed by atoms with E-state index in [-0.39, 0.29) is 12.8 Å². The predicted molar refractivity (Wildman–Crippen MR) is 83.9 cm³/mol. The van der Waals surface area contributed by atoms with Gasteiger partial charge in [-0.2, -0.15) is 0 Å². The zero-order chi connectivity index (χ0) is 15.0. The summed E-state index contributed by atoms with van der Waals surface area (Å²) < 4.78 is 10.9. The number of hydrogen-bond acceptors (Lipinski definition) is 4. The highest BCUT2D eigenvalue weighted by atomic mass is 35.5. The van der Waals surface area contributed by atoms with Crippen molar-refractivity contribution < 1.29 is 9.47 Å². The van der Waals surface area contributed by atoms with Crippen molar-refractivity contribution in [3.8, 4) is 11.5 Å². The fraction of sp³-hybridized carbons (Fsp3) is 0.625. The topological polar surface area (TPSA) is 47.7 Å². The van der Waals surface area contributed by atoms with E-state index in [1.165, 1.54) is 12.8 Å². The van der Waals surface area contributed by atoms with Gasteiger partial charge in [0.15, 0.2) is 11.5 Å². The lowest BCUT2D eigenvalue weighted by molar-refractivity contribution is 0.0846. The summed E-state index contributed by atoms with van der Waals surface area (Å²) in [7, 11) is 0. The SMILES string of the molecule is CC1CCN(C(CN)c2cc(Cl)c3c(c2)OCO3)C(C)C1. The van der Waals surface area contributed by atoms with Crippen LogP contribution in [0.1, 0.15) is 38.3 Å². The molecule has 1 fully saturated rings. The quantitative estimate of drug-likeness (QED) is 0.931. The highest BCUT2D eigenvalue weighted by molar-refractivity contribution is 6.32. The number of halogens is 1. The molecule has 0 spiro atoms. The van der Waals surface area contributed by atoms with Gasteiger partial charge in [0.05, 0.1) is 5.02 Å². The first kappa shape index (κ1) is 14.9. The van der Waals surface area contributed by atoms with Crippen molar-refractivity contribution >= 4 is 11.6 Å². The van der Waals surface area contributed by atoms with E-state index in [2.05, 4.69) is 18.7 Å². The van der Waals surface area contributed by atoms with Crippen LogP contribution in [-0.4, -0.2) is 30.8 Å². The highest BCUT2D eigenvalue weighted by Gasteiger charge is 2.30. The van der Waals surface area contributed by atoms with Crippen LogP contribution < -0.4 is 15.2 Å². The number of hydrogen-bond donors (Lipinski definition) is 1. The second-order valence-electron chi connectivity index (χ2n) is 6.20. The maximum absolute atomic E-state index is 6.31. The Morgan fingerprint density at radius 1 is 1.38 bits per heavy atom. The summed E-state index contributed by atoms with van der Waals surface area (Å²) in [5, 5.41) is 0.608. The van der Waals surface area contributed by atoms with Crippen LogP contribution in [0.4, 0.5) is 0 Å². The largest absolute Gasteiger partial charge is 0.454 e. The summed E-state index contributed by atoms with van der Waals surface area (Å²) in [6, 6.07) is 4.71. The van der Waals surface area contributed by atoms with Gasteiger partial charge >= 0.3 is 0 Å². The third-order valence-corrected chi connectivity index (χ3v) is 4.93.